The molecule has 4 nitrogen and oxygen atoms in total. The van der Waals surface area contributed by atoms with E-state index in [-0.39, 0.29) is 31.8 Å². The van der Waals surface area contributed by atoms with Crippen molar-refractivity contribution in [3.05, 3.63) is 30.1 Å². The Balaban J connectivity index is 1.81. The molecule has 1 saturated heterocycles. The summed E-state index contributed by atoms with van der Waals surface area (Å²) in [5.41, 5.74) is 0.783. The molecule has 1 aliphatic heterocycles. The largest absolute Gasteiger partial charge is 0.346 e. The minimum atomic E-state index is -2.83. The standard InChI is InChI=1S/C13H17F2N3O/c14-13(15)6-8-16-9-11(13)18-12(19)5-4-10-3-1-2-7-17-10/h1-3,7,11,16H,4-6,8-9H2,(H,18,19). The first-order valence-electron chi connectivity index (χ1n) is 6.36. The highest BCUT2D eigenvalue weighted by Crippen LogP contribution is 2.25. The van der Waals surface area contributed by atoms with Gasteiger partial charge in [-0.1, -0.05) is 6.07 Å². The fourth-order valence-electron chi connectivity index (χ4n) is 2.04. The number of piperidine rings is 1. The van der Waals surface area contributed by atoms with E-state index in [0.717, 1.165) is 5.69 Å². The number of alkyl halides is 2. The van der Waals surface area contributed by atoms with Crippen LogP contribution in [0.3, 0.4) is 0 Å². The van der Waals surface area contributed by atoms with E-state index in [1.807, 2.05) is 12.1 Å². The van der Waals surface area contributed by atoms with Crippen LogP contribution in [-0.2, 0) is 11.2 Å². The van der Waals surface area contributed by atoms with Crippen LogP contribution in [0, 0.1) is 0 Å². The third-order valence-corrected chi connectivity index (χ3v) is 3.16. The van der Waals surface area contributed by atoms with E-state index in [0.29, 0.717) is 6.42 Å². The van der Waals surface area contributed by atoms with Crippen molar-refractivity contribution in [3.63, 3.8) is 0 Å². The lowest BCUT2D eigenvalue weighted by atomic mass is 10.0. The van der Waals surface area contributed by atoms with Gasteiger partial charge >= 0.3 is 0 Å². The molecule has 1 amide bonds. The molecule has 0 radical (unpaired) electrons. The first-order valence-corrected chi connectivity index (χ1v) is 6.36. The summed E-state index contributed by atoms with van der Waals surface area (Å²) < 4.78 is 27.1. The zero-order chi connectivity index (χ0) is 13.7. The first kappa shape index (κ1) is 13.9. The Bertz CT molecular complexity index is 425. The Morgan fingerprint density at radius 2 is 2.37 bits per heavy atom. The number of rotatable bonds is 4. The van der Waals surface area contributed by atoms with Crippen LogP contribution in [-0.4, -0.2) is 35.9 Å². The Hall–Kier alpha value is -1.56. The van der Waals surface area contributed by atoms with Crippen molar-refractivity contribution >= 4 is 5.91 Å². The molecule has 1 atom stereocenters. The molecule has 2 rings (SSSR count). The van der Waals surface area contributed by atoms with E-state index < -0.39 is 12.0 Å². The number of aryl methyl sites for hydroxylation is 1. The normalized spacial score (nSPS) is 21.9. The van der Waals surface area contributed by atoms with Gasteiger partial charge in [0.25, 0.3) is 5.92 Å². The molecule has 104 valence electrons. The fourth-order valence-corrected chi connectivity index (χ4v) is 2.04. The van der Waals surface area contributed by atoms with Crippen molar-refractivity contribution in [1.82, 2.24) is 15.6 Å². The van der Waals surface area contributed by atoms with Crippen molar-refractivity contribution in [1.29, 1.82) is 0 Å². The van der Waals surface area contributed by atoms with E-state index in [1.54, 1.807) is 12.3 Å². The number of carbonyl (C=O) groups excluding carboxylic acids is 1. The summed E-state index contributed by atoms with van der Waals surface area (Å²) in [6.45, 7) is 0.398. The molecule has 0 aliphatic carbocycles. The number of aromatic nitrogens is 1. The van der Waals surface area contributed by atoms with Gasteiger partial charge in [0.15, 0.2) is 0 Å². The molecule has 2 heterocycles. The lowest BCUT2D eigenvalue weighted by Gasteiger charge is -2.32. The van der Waals surface area contributed by atoms with Gasteiger partial charge in [-0.05, 0) is 18.6 Å². The zero-order valence-corrected chi connectivity index (χ0v) is 10.5. The van der Waals surface area contributed by atoms with Crippen molar-refractivity contribution in [3.8, 4) is 0 Å². The van der Waals surface area contributed by atoms with Crippen molar-refractivity contribution in [2.24, 2.45) is 0 Å². The smallest absolute Gasteiger partial charge is 0.270 e. The molecular weight excluding hydrogens is 252 g/mol. The van der Waals surface area contributed by atoms with Gasteiger partial charge in [-0.25, -0.2) is 8.78 Å². The van der Waals surface area contributed by atoms with Crippen LogP contribution in [0.5, 0.6) is 0 Å². The molecule has 2 N–H and O–H groups in total. The zero-order valence-electron chi connectivity index (χ0n) is 10.5. The quantitative estimate of drug-likeness (QED) is 0.861. The highest BCUT2D eigenvalue weighted by molar-refractivity contribution is 5.76. The predicted octanol–water partition coefficient (Wildman–Crippen LogP) is 1.13. The number of nitrogens with zero attached hydrogens (tertiary/aromatic N) is 1. The topological polar surface area (TPSA) is 54.0 Å². The lowest BCUT2D eigenvalue weighted by Crippen LogP contribution is -2.57. The Morgan fingerprint density at radius 3 is 3.05 bits per heavy atom. The Labute approximate surface area is 110 Å². The summed E-state index contributed by atoms with van der Waals surface area (Å²) in [7, 11) is 0. The van der Waals surface area contributed by atoms with Gasteiger partial charge in [0.1, 0.15) is 6.04 Å². The summed E-state index contributed by atoms with van der Waals surface area (Å²) >= 11 is 0. The highest BCUT2D eigenvalue weighted by Gasteiger charge is 2.42. The van der Waals surface area contributed by atoms with Gasteiger partial charge in [-0.15, -0.1) is 0 Å². The summed E-state index contributed by atoms with van der Waals surface area (Å²) in [6, 6.07) is 4.32. The molecule has 1 aromatic rings. The Kier molecular flexibility index (Phi) is 4.42. The minimum Gasteiger partial charge on any atom is -0.346 e. The van der Waals surface area contributed by atoms with Crippen LogP contribution in [0.4, 0.5) is 8.78 Å². The van der Waals surface area contributed by atoms with Crippen LogP contribution in [0.1, 0.15) is 18.5 Å². The molecule has 1 fully saturated rings. The van der Waals surface area contributed by atoms with Crippen LogP contribution in [0.15, 0.2) is 24.4 Å². The highest BCUT2D eigenvalue weighted by atomic mass is 19.3. The van der Waals surface area contributed by atoms with Crippen molar-refractivity contribution in [2.75, 3.05) is 13.1 Å². The second kappa shape index (κ2) is 6.06. The summed E-state index contributed by atoms with van der Waals surface area (Å²) in [4.78, 5) is 15.8. The number of carbonyl (C=O) groups is 1. The fraction of sp³-hybridized carbons (Fsp3) is 0.538. The molecule has 1 aliphatic rings. The average molecular weight is 269 g/mol. The van der Waals surface area contributed by atoms with E-state index >= 15 is 0 Å². The summed E-state index contributed by atoms with van der Waals surface area (Å²) in [5.74, 6) is -3.19. The van der Waals surface area contributed by atoms with Crippen LogP contribution < -0.4 is 10.6 Å². The van der Waals surface area contributed by atoms with Gasteiger partial charge in [0, 0.05) is 37.8 Å². The maximum Gasteiger partial charge on any atom is 0.270 e. The van der Waals surface area contributed by atoms with E-state index in [9.17, 15) is 13.6 Å². The number of pyridine rings is 1. The predicted molar refractivity (Wildman–Crippen MR) is 66.9 cm³/mol. The molecule has 0 saturated carbocycles. The van der Waals surface area contributed by atoms with Crippen LogP contribution in [0.2, 0.25) is 0 Å². The second-order valence-electron chi connectivity index (χ2n) is 4.66. The summed E-state index contributed by atoms with van der Waals surface area (Å²) in [6.07, 6.45) is 2.03. The molecular formula is C13H17F2N3O. The number of amides is 1. The maximum absolute atomic E-state index is 13.5. The van der Waals surface area contributed by atoms with Crippen LogP contribution >= 0.6 is 0 Å². The van der Waals surface area contributed by atoms with Gasteiger partial charge in [0.2, 0.25) is 5.91 Å². The third kappa shape index (κ3) is 3.96. The third-order valence-electron chi connectivity index (χ3n) is 3.16. The van der Waals surface area contributed by atoms with Gasteiger partial charge in [-0.2, -0.15) is 0 Å². The number of halogens is 2. The van der Waals surface area contributed by atoms with Crippen LogP contribution in [0.25, 0.3) is 0 Å². The minimum absolute atomic E-state index is 0.113. The molecule has 1 unspecified atom stereocenters. The van der Waals surface area contributed by atoms with E-state index in [4.69, 9.17) is 0 Å². The first-order chi connectivity index (χ1) is 9.08. The molecule has 1 aromatic heterocycles. The second-order valence-corrected chi connectivity index (χ2v) is 4.66. The Morgan fingerprint density at radius 1 is 1.53 bits per heavy atom. The van der Waals surface area contributed by atoms with Crippen molar-refractivity contribution < 1.29 is 13.6 Å². The number of nitrogens with one attached hydrogen (secondary N) is 2. The molecule has 0 bridgehead atoms. The van der Waals surface area contributed by atoms with Gasteiger partial charge < -0.3 is 10.6 Å². The molecule has 19 heavy (non-hydrogen) atoms. The number of hydrogen-bond donors (Lipinski definition) is 2. The summed E-state index contributed by atoms with van der Waals surface area (Å²) in [5, 5.41) is 5.26. The SMILES string of the molecule is O=C(CCc1ccccn1)NC1CNCCC1(F)F. The average Bonchev–Trinajstić information content (AvgIpc) is 2.40. The maximum atomic E-state index is 13.5. The lowest BCUT2D eigenvalue weighted by molar-refractivity contribution is -0.127. The monoisotopic (exact) mass is 269 g/mol. The van der Waals surface area contributed by atoms with E-state index in [2.05, 4.69) is 15.6 Å². The molecule has 0 spiro atoms. The van der Waals surface area contributed by atoms with E-state index in [1.165, 1.54) is 0 Å². The number of hydrogen-bond acceptors (Lipinski definition) is 3. The van der Waals surface area contributed by atoms with Gasteiger partial charge in [-0.3, -0.25) is 9.78 Å². The van der Waals surface area contributed by atoms with Gasteiger partial charge in [0.05, 0.1) is 0 Å². The molecule has 0 aromatic carbocycles. The molecule has 6 heteroatoms. The van der Waals surface area contributed by atoms with Crippen molar-refractivity contribution in [2.45, 2.75) is 31.2 Å².